The van der Waals surface area contributed by atoms with Gasteiger partial charge in [0, 0.05) is 0 Å². The molecule has 0 aromatic heterocycles. The maximum absolute atomic E-state index is 13.3. The first-order valence-corrected chi connectivity index (χ1v) is 10.9. The molecule has 1 N–H and O–H groups in total. The van der Waals surface area contributed by atoms with Gasteiger partial charge in [-0.15, -0.1) is 6.58 Å². The zero-order valence-electron chi connectivity index (χ0n) is 17.3. The van der Waals surface area contributed by atoms with Crippen LogP contribution in [-0.4, -0.2) is 22.3 Å². The van der Waals surface area contributed by atoms with Gasteiger partial charge in [-0.05, 0) is 65.0 Å². The van der Waals surface area contributed by atoms with Gasteiger partial charge >= 0.3 is 13.6 Å². The van der Waals surface area contributed by atoms with E-state index in [1.807, 2.05) is 65.8 Å². The number of carboxylic acids is 1. The van der Waals surface area contributed by atoms with E-state index >= 15 is 0 Å². The van der Waals surface area contributed by atoms with Gasteiger partial charge in [0.2, 0.25) is 0 Å². The average Bonchev–Trinajstić information content (AvgIpc) is 2.42. The van der Waals surface area contributed by atoms with Crippen LogP contribution >= 0.6 is 7.60 Å². The van der Waals surface area contributed by atoms with Crippen molar-refractivity contribution >= 4 is 13.6 Å². The molecule has 27 heavy (non-hydrogen) atoms. The largest absolute Gasteiger partial charge is 0.481 e. The summed E-state index contributed by atoms with van der Waals surface area (Å²) in [5, 5.41) is 9.09. The highest BCUT2D eigenvalue weighted by molar-refractivity contribution is 7.53. The van der Waals surface area contributed by atoms with Crippen LogP contribution < -0.4 is 0 Å². The minimum atomic E-state index is -3.37. The Morgan fingerprint density at radius 2 is 1.59 bits per heavy atom. The molecule has 1 rings (SSSR count). The Bertz CT molecular complexity index is 660. The predicted molar refractivity (Wildman–Crippen MR) is 109 cm³/mol. The quantitative estimate of drug-likeness (QED) is 0.401. The Hall–Kier alpha value is -1.42. The zero-order valence-corrected chi connectivity index (χ0v) is 18.2. The standard InChI is InChI=1S/C21H33O5P/c1-8-9-18(14-19(22)23)17-12-10-16(11-13-17)15-27(24,25-20(2,3)4)26-21(5,6)7/h8,10-13,18H,1,9,14-15H2,2-7H3,(H,22,23)/t18-/m0/s1. The number of carboxylic acid groups (broad SMARTS) is 1. The molecule has 0 aliphatic carbocycles. The Morgan fingerprint density at radius 1 is 1.11 bits per heavy atom. The molecule has 0 amide bonds. The smallest absolute Gasteiger partial charge is 0.336 e. The molecule has 0 heterocycles. The number of allylic oxidation sites excluding steroid dienone is 1. The Balaban J connectivity index is 3.04. The first-order chi connectivity index (χ1) is 12.2. The number of aliphatic carboxylic acids is 1. The van der Waals surface area contributed by atoms with Crippen LogP contribution in [-0.2, 0) is 24.6 Å². The van der Waals surface area contributed by atoms with Crippen LogP contribution in [0.3, 0.4) is 0 Å². The van der Waals surface area contributed by atoms with Crippen molar-refractivity contribution in [3.63, 3.8) is 0 Å². The molecule has 0 saturated carbocycles. The van der Waals surface area contributed by atoms with Gasteiger partial charge in [0.15, 0.2) is 0 Å². The Kier molecular flexibility index (Phi) is 8.03. The first kappa shape index (κ1) is 23.6. The SMILES string of the molecule is C=CC[C@@H](CC(=O)O)c1ccc(CP(=O)(OC(C)(C)C)OC(C)(C)C)cc1. The van der Waals surface area contributed by atoms with E-state index in [1.54, 1.807) is 6.08 Å². The molecule has 1 atom stereocenters. The van der Waals surface area contributed by atoms with Gasteiger partial charge in [-0.2, -0.15) is 0 Å². The van der Waals surface area contributed by atoms with Crippen molar-refractivity contribution < 1.29 is 23.5 Å². The van der Waals surface area contributed by atoms with Gasteiger partial charge in [0.1, 0.15) is 0 Å². The van der Waals surface area contributed by atoms with E-state index in [-0.39, 0.29) is 18.5 Å². The van der Waals surface area contributed by atoms with Gasteiger partial charge in [-0.1, -0.05) is 30.3 Å². The summed E-state index contributed by atoms with van der Waals surface area (Å²) in [6.07, 6.45) is 2.52. The minimum absolute atomic E-state index is 0.0458. The highest BCUT2D eigenvalue weighted by atomic mass is 31.2. The molecule has 6 heteroatoms. The molecule has 0 fully saturated rings. The molecule has 0 unspecified atom stereocenters. The van der Waals surface area contributed by atoms with Gasteiger partial charge in [0.25, 0.3) is 0 Å². The van der Waals surface area contributed by atoms with Crippen molar-refractivity contribution in [2.45, 2.75) is 77.7 Å². The third-order valence-corrected chi connectivity index (χ3v) is 5.93. The van der Waals surface area contributed by atoms with E-state index in [9.17, 15) is 9.36 Å². The molecule has 0 bridgehead atoms. The third kappa shape index (κ3) is 9.37. The molecular weight excluding hydrogens is 363 g/mol. The van der Waals surface area contributed by atoms with Gasteiger partial charge in [0.05, 0.1) is 23.8 Å². The maximum atomic E-state index is 13.3. The van der Waals surface area contributed by atoms with Gasteiger partial charge < -0.3 is 14.2 Å². The molecule has 1 aromatic carbocycles. The van der Waals surface area contributed by atoms with Crippen LogP contribution in [0, 0.1) is 0 Å². The number of benzene rings is 1. The van der Waals surface area contributed by atoms with Crippen LogP contribution in [0.5, 0.6) is 0 Å². The fourth-order valence-electron chi connectivity index (χ4n) is 2.79. The first-order valence-electron chi connectivity index (χ1n) is 9.15. The summed E-state index contributed by atoms with van der Waals surface area (Å²) in [6, 6.07) is 7.48. The third-order valence-electron chi connectivity index (χ3n) is 3.53. The molecule has 0 spiro atoms. The minimum Gasteiger partial charge on any atom is -0.481 e. The monoisotopic (exact) mass is 396 g/mol. The zero-order chi connectivity index (χ0) is 20.9. The topological polar surface area (TPSA) is 72.8 Å². The van der Waals surface area contributed by atoms with Crippen LogP contribution in [0.1, 0.15) is 71.4 Å². The molecule has 1 aromatic rings. The summed E-state index contributed by atoms with van der Waals surface area (Å²) >= 11 is 0. The summed E-state index contributed by atoms with van der Waals surface area (Å²) < 4.78 is 25.0. The van der Waals surface area contributed by atoms with Crippen LogP contribution in [0.4, 0.5) is 0 Å². The predicted octanol–water partition coefficient (Wildman–Crippen LogP) is 6.14. The van der Waals surface area contributed by atoms with Crippen molar-refractivity contribution in [2.24, 2.45) is 0 Å². The van der Waals surface area contributed by atoms with Crippen LogP contribution in [0.2, 0.25) is 0 Å². The lowest BCUT2D eigenvalue weighted by molar-refractivity contribution is -0.137. The van der Waals surface area contributed by atoms with Crippen LogP contribution in [0.15, 0.2) is 36.9 Å². The number of hydrogen-bond acceptors (Lipinski definition) is 4. The molecule has 0 radical (unpaired) electrons. The number of carbonyl (C=O) groups is 1. The van der Waals surface area contributed by atoms with E-state index in [2.05, 4.69) is 6.58 Å². The molecule has 5 nitrogen and oxygen atoms in total. The van der Waals surface area contributed by atoms with Crippen molar-refractivity contribution in [2.75, 3.05) is 0 Å². The van der Waals surface area contributed by atoms with Gasteiger partial charge in [-0.25, -0.2) is 0 Å². The van der Waals surface area contributed by atoms with E-state index < -0.39 is 24.8 Å². The lowest BCUT2D eigenvalue weighted by Crippen LogP contribution is -2.24. The Labute approximate surface area is 163 Å². The summed E-state index contributed by atoms with van der Waals surface area (Å²) in [5.41, 5.74) is 0.543. The molecule has 152 valence electrons. The summed E-state index contributed by atoms with van der Waals surface area (Å²) in [4.78, 5) is 11.1. The molecular formula is C21H33O5P. The summed E-state index contributed by atoms with van der Waals surface area (Å²) in [6.45, 7) is 14.8. The highest BCUT2D eigenvalue weighted by Gasteiger charge is 2.35. The van der Waals surface area contributed by atoms with Crippen LogP contribution in [0.25, 0.3) is 0 Å². The second kappa shape index (κ2) is 9.18. The van der Waals surface area contributed by atoms with Crippen molar-refractivity contribution in [3.8, 4) is 0 Å². The fourth-order valence-corrected chi connectivity index (χ4v) is 5.28. The van der Waals surface area contributed by atoms with Crippen molar-refractivity contribution in [3.05, 3.63) is 48.0 Å². The Morgan fingerprint density at radius 3 is 1.96 bits per heavy atom. The molecule has 0 saturated heterocycles. The highest BCUT2D eigenvalue weighted by Crippen LogP contribution is 2.56. The van der Waals surface area contributed by atoms with Crippen molar-refractivity contribution in [1.82, 2.24) is 0 Å². The lowest BCUT2D eigenvalue weighted by atomic mass is 9.92. The summed E-state index contributed by atoms with van der Waals surface area (Å²) in [5.74, 6) is -0.968. The van der Waals surface area contributed by atoms with E-state index in [1.165, 1.54) is 0 Å². The molecule has 0 aliphatic heterocycles. The average molecular weight is 396 g/mol. The summed E-state index contributed by atoms with van der Waals surface area (Å²) in [7, 11) is -3.37. The fraction of sp³-hybridized carbons (Fsp3) is 0.571. The normalized spacial score (nSPS) is 14.0. The second-order valence-electron chi connectivity index (χ2n) is 8.74. The van der Waals surface area contributed by atoms with Gasteiger partial charge in [-0.3, -0.25) is 9.36 Å². The number of hydrogen-bond donors (Lipinski definition) is 1. The van der Waals surface area contributed by atoms with E-state index in [0.717, 1.165) is 11.1 Å². The molecule has 0 aliphatic rings. The van der Waals surface area contributed by atoms with Crippen molar-refractivity contribution in [1.29, 1.82) is 0 Å². The second-order valence-corrected chi connectivity index (χ2v) is 10.6. The lowest BCUT2D eigenvalue weighted by Gasteiger charge is -2.32. The maximum Gasteiger partial charge on any atom is 0.336 e. The van der Waals surface area contributed by atoms with E-state index in [0.29, 0.717) is 6.42 Å². The number of rotatable bonds is 9. The van der Waals surface area contributed by atoms with E-state index in [4.69, 9.17) is 14.2 Å².